The van der Waals surface area contributed by atoms with Crippen molar-refractivity contribution in [2.45, 2.75) is 25.3 Å². The van der Waals surface area contributed by atoms with Gasteiger partial charge in [0.15, 0.2) is 0 Å². The summed E-state index contributed by atoms with van der Waals surface area (Å²) in [6, 6.07) is 9.11. The topological polar surface area (TPSA) is 103 Å². The lowest BCUT2D eigenvalue weighted by molar-refractivity contribution is 0.106. The van der Waals surface area contributed by atoms with Crippen molar-refractivity contribution in [1.29, 1.82) is 0 Å². The Labute approximate surface area is 160 Å². The maximum absolute atomic E-state index is 12.5. The Morgan fingerprint density at radius 2 is 2.11 bits per heavy atom. The number of benzene rings is 1. The largest absolute Gasteiger partial charge is 0.489 e. The molecule has 5 rings (SSSR count). The lowest BCUT2D eigenvalue weighted by atomic mass is 10.0. The highest BCUT2D eigenvalue weighted by atomic mass is 16.6. The minimum atomic E-state index is -0.388. The van der Waals surface area contributed by atoms with Gasteiger partial charge in [0, 0.05) is 18.0 Å². The van der Waals surface area contributed by atoms with Crippen LogP contribution in [0.4, 0.5) is 10.5 Å². The lowest BCUT2D eigenvalue weighted by Gasteiger charge is -2.31. The van der Waals surface area contributed by atoms with Gasteiger partial charge >= 0.3 is 6.09 Å². The molecule has 3 aromatic rings. The smallest absolute Gasteiger partial charge is 0.415 e. The monoisotopic (exact) mass is 379 g/mol. The zero-order valence-electron chi connectivity index (χ0n) is 14.8. The van der Waals surface area contributed by atoms with Gasteiger partial charge in [0.05, 0.1) is 30.7 Å². The van der Waals surface area contributed by atoms with Gasteiger partial charge in [0.2, 0.25) is 0 Å². The van der Waals surface area contributed by atoms with Crippen molar-refractivity contribution in [3.05, 3.63) is 54.6 Å². The summed E-state index contributed by atoms with van der Waals surface area (Å²) < 4.78 is 13.2. The van der Waals surface area contributed by atoms with E-state index >= 15 is 0 Å². The lowest BCUT2D eigenvalue weighted by Crippen LogP contribution is -2.45. The summed E-state index contributed by atoms with van der Waals surface area (Å²) in [5.74, 6) is 0.623. The number of nitrogens with zero attached hydrogens (tertiary/aromatic N) is 5. The van der Waals surface area contributed by atoms with E-state index in [4.69, 9.17) is 14.6 Å². The zero-order valence-corrected chi connectivity index (χ0v) is 14.8. The minimum absolute atomic E-state index is 0.0954. The zero-order chi connectivity index (χ0) is 19.1. The molecule has 1 aromatic carbocycles. The molecule has 1 saturated heterocycles. The Balaban J connectivity index is 1.42. The van der Waals surface area contributed by atoms with E-state index < -0.39 is 0 Å². The number of aliphatic hydroxyl groups excluding tert-OH is 1. The molecule has 2 aliphatic heterocycles. The SMILES string of the molecule is O=C1O[C@@H](Cn2ccnn2)[C@@H]2COc3cc(-c4ccc(CO)nc4)ccc3N12. The molecule has 9 heteroatoms. The van der Waals surface area contributed by atoms with Gasteiger partial charge in [-0.25, -0.2) is 9.48 Å². The van der Waals surface area contributed by atoms with Crippen LogP contribution in [0.3, 0.4) is 0 Å². The van der Waals surface area contributed by atoms with Crippen LogP contribution in [0.15, 0.2) is 48.9 Å². The fraction of sp³-hybridized carbons (Fsp3) is 0.263. The number of fused-ring (bicyclic) bond motifs is 3. The minimum Gasteiger partial charge on any atom is -0.489 e. The molecule has 1 N–H and O–H groups in total. The van der Waals surface area contributed by atoms with E-state index in [-0.39, 0.29) is 24.8 Å². The Morgan fingerprint density at radius 3 is 2.86 bits per heavy atom. The van der Waals surface area contributed by atoms with Crippen LogP contribution in [-0.2, 0) is 17.9 Å². The van der Waals surface area contributed by atoms with Gasteiger partial charge in [0.1, 0.15) is 24.5 Å². The van der Waals surface area contributed by atoms with Crippen LogP contribution < -0.4 is 9.64 Å². The van der Waals surface area contributed by atoms with E-state index in [1.54, 1.807) is 34.2 Å². The highest BCUT2D eigenvalue weighted by Gasteiger charge is 2.46. The summed E-state index contributed by atoms with van der Waals surface area (Å²) in [6.07, 6.45) is 4.27. The third-order valence-electron chi connectivity index (χ3n) is 5.00. The molecule has 0 unspecified atom stereocenters. The Morgan fingerprint density at radius 1 is 1.21 bits per heavy atom. The standard InChI is InChI=1S/C19H17N5O4/c25-10-14-3-1-13(8-20-14)12-2-4-15-17(7-12)27-11-16-18(28-19(26)24(15)16)9-23-6-5-21-22-23/h1-8,16,18,25H,9-11H2/t16-,18-/m0/s1. The van der Waals surface area contributed by atoms with Crippen molar-refractivity contribution in [3.63, 3.8) is 0 Å². The number of cyclic esters (lactones) is 1. The third-order valence-corrected chi connectivity index (χ3v) is 5.00. The molecule has 0 spiro atoms. The van der Waals surface area contributed by atoms with Crippen LogP contribution in [0.25, 0.3) is 11.1 Å². The number of amides is 1. The second kappa shape index (κ2) is 6.61. The number of ether oxygens (including phenoxy) is 2. The molecule has 2 atom stereocenters. The number of aliphatic hydroxyl groups is 1. The molecule has 4 heterocycles. The first kappa shape index (κ1) is 16.7. The molecule has 9 nitrogen and oxygen atoms in total. The van der Waals surface area contributed by atoms with Crippen molar-refractivity contribution in [1.82, 2.24) is 20.0 Å². The number of rotatable bonds is 4. The van der Waals surface area contributed by atoms with E-state index in [0.29, 0.717) is 30.3 Å². The quantitative estimate of drug-likeness (QED) is 0.735. The first-order valence-corrected chi connectivity index (χ1v) is 8.90. The van der Waals surface area contributed by atoms with Gasteiger partial charge in [-0.2, -0.15) is 0 Å². The highest BCUT2D eigenvalue weighted by molar-refractivity contribution is 5.94. The van der Waals surface area contributed by atoms with Gasteiger partial charge in [-0.15, -0.1) is 5.10 Å². The molecule has 0 aliphatic carbocycles. The normalized spacial score (nSPS) is 20.3. The predicted molar refractivity (Wildman–Crippen MR) is 97.6 cm³/mol. The highest BCUT2D eigenvalue weighted by Crippen LogP contribution is 2.41. The number of anilines is 1. The molecule has 2 aliphatic rings. The maximum Gasteiger partial charge on any atom is 0.415 e. The van der Waals surface area contributed by atoms with Crippen molar-refractivity contribution in [3.8, 4) is 16.9 Å². The van der Waals surface area contributed by atoms with Crippen LogP contribution >= 0.6 is 0 Å². The average Bonchev–Trinajstić information content (AvgIpc) is 3.36. The van der Waals surface area contributed by atoms with Crippen molar-refractivity contribution in [2.24, 2.45) is 0 Å². The first-order chi connectivity index (χ1) is 13.7. The van der Waals surface area contributed by atoms with Gasteiger partial charge in [0.25, 0.3) is 0 Å². The van der Waals surface area contributed by atoms with Crippen LogP contribution in [0.1, 0.15) is 5.69 Å². The summed E-state index contributed by atoms with van der Waals surface area (Å²) in [6.45, 7) is 0.664. The van der Waals surface area contributed by atoms with Crippen molar-refractivity contribution >= 4 is 11.8 Å². The number of hydrogen-bond acceptors (Lipinski definition) is 7. The number of carbonyl (C=O) groups excluding carboxylic acids is 1. The Hall–Kier alpha value is -3.46. The van der Waals surface area contributed by atoms with Crippen molar-refractivity contribution < 1.29 is 19.4 Å². The number of hydrogen-bond donors (Lipinski definition) is 1. The van der Waals surface area contributed by atoms with E-state index in [1.807, 2.05) is 24.3 Å². The molecule has 28 heavy (non-hydrogen) atoms. The van der Waals surface area contributed by atoms with Gasteiger partial charge in [-0.1, -0.05) is 17.3 Å². The number of pyridine rings is 1. The van der Waals surface area contributed by atoms with E-state index in [1.165, 1.54) is 0 Å². The number of aromatic nitrogens is 4. The Bertz CT molecular complexity index is 1010. The van der Waals surface area contributed by atoms with E-state index in [2.05, 4.69) is 15.3 Å². The molecule has 0 saturated carbocycles. The molecule has 142 valence electrons. The molecule has 0 radical (unpaired) electrons. The summed E-state index contributed by atoms with van der Waals surface area (Å²) in [7, 11) is 0. The van der Waals surface area contributed by atoms with Crippen LogP contribution in [0, 0.1) is 0 Å². The number of carbonyl (C=O) groups is 1. The average molecular weight is 379 g/mol. The summed E-state index contributed by atoms with van der Waals surface area (Å²) in [5.41, 5.74) is 3.12. The molecule has 0 bridgehead atoms. The molecule has 2 aromatic heterocycles. The molecular formula is C19H17N5O4. The van der Waals surface area contributed by atoms with Crippen LogP contribution in [-0.4, -0.2) is 49.9 Å². The van der Waals surface area contributed by atoms with Crippen LogP contribution in [0.5, 0.6) is 5.75 Å². The maximum atomic E-state index is 12.5. The third kappa shape index (κ3) is 2.76. The van der Waals surface area contributed by atoms with E-state index in [0.717, 1.165) is 11.1 Å². The molecule has 1 fully saturated rings. The molecular weight excluding hydrogens is 362 g/mol. The van der Waals surface area contributed by atoms with E-state index in [9.17, 15) is 4.79 Å². The van der Waals surface area contributed by atoms with Gasteiger partial charge in [-0.05, 0) is 23.8 Å². The second-order valence-corrected chi connectivity index (χ2v) is 6.67. The second-order valence-electron chi connectivity index (χ2n) is 6.67. The fourth-order valence-corrected chi connectivity index (χ4v) is 3.57. The summed E-state index contributed by atoms with van der Waals surface area (Å²) in [4.78, 5) is 18.4. The molecule has 1 amide bonds. The summed E-state index contributed by atoms with van der Waals surface area (Å²) >= 11 is 0. The van der Waals surface area contributed by atoms with Crippen LogP contribution in [0.2, 0.25) is 0 Å². The first-order valence-electron chi connectivity index (χ1n) is 8.90. The van der Waals surface area contributed by atoms with Gasteiger partial charge in [-0.3, -0.25) is 9.88 Å². The Kier molecular flexibility index (Phi) is 3.94. The van der Waals surface area contributed by atoms with Crippen molar-refractivity contribution in [2.75, 3.05) is 11.5 Å². The van der Waals surface area contributed by atoms with Gasteiger partial charge < -0.3 is 14.6 Å². The fourth-order valence-electron chi connectivity index (χ4n) is 3.57. The predicted octanol–water partition coefficient (Wildman–Crippen LogP) is 1.62. The summed E-state index contributed by atoms with van der Waals surface area (Å²) in [5, 5.41) is 16.9.